The first-order valence-corrected chi connectivity index (χ1v) is 5.12. The van der Waals surface area contributed by atoms with E-state index in [0.29, 0.717) is 23.6 Å². The van der Waals surface area contributed by atoms with Crippen molar-refractivity contribution in [3.63, 3.8) is 0 Å². The minimum absolute atomic E-state index is 0.238. The molecule has 6 nitrogen and oxygen atoms in total. The van der Waals surface area contributed by atoms with E-state index in [9.17, 15) is 5.11 Å². The quantitative estimate of drug-likeness (QED) is 0.746. The lowest BCUT2D eigenvalue weighted by molar-refractivity contribution is 0.0694. The van der Waals surface area contributed by atoms with Gasteiger partial charge in [-0.3, -0.25) is 0 Å². The molecule has 1 aromatic heterocycles. The van der Waals surface area contributed by atoms with Gasteiger partial charge in [0, 0.05) is 26.9 Å². The third-order valence-corrected chi connectivity index (χ3v) is 2.29. The molecule has 1 heterocycles. The molecule has 0 fully saturated rings. The topological polar surface area (TPSA) is 95.4 Å². The van der Waals surface area contributed by atoms with E-state index in [1.807, 2.05) is 6.07 Å². The lowest BCUT2D eigenvalue weighted by Gasteiger charge is -2.22. The van der Waals surface area contributed by atoms with Gasteiger partial charge in [-0.2, -0.15) is 5.26 Å². The van der Waals surface area contributed by atoms with E-state index in [1.165, 1.54) is 13.3 Å². The normalized spacial score (nSPS) is 11.9. The molecule has 0 aromatic carbocycles. The van der Waals surface area contributed by atoms with Crippen molar-refractivity contribution in [2.75, 3.05) is 37.9 Å². The molecule has 0 saturated carbocycles. The van der Waals surface area contributed by atoms with Gasteiger partial charge < -0.3 is 20.5 Å². The van der Waals surface area contributed by atoms with E-state index in [0.717, 1.165) is 0 Å². The zero-order chi connectivity index (χ0) is 12.8. The number of methoxy groups -OCH3 is 1. The summed E-state index contributed by atoms with van der Waals surface area (Å²) in [4.78, 5) is 5.79. The second kappa shape index (κ2) is 6.03. The zero-order valence-electron chi connectivity index (χ0n) is 9.92. The van der Waals surface area contributed by atoms with E-state index < -0.39 is 6.10 Å². The van der Waals surface area contributed by atoms with Crippen molar-refractivity contribution in [3.8, 4) is 6.07 Å². The molecule has 1 atom stereocenters. The molecule has 3 N–H and O–H groups in total. The van der Waals surface area contributed by atoms with Crippen LogP contribution in [0.25, 0.3) is 0 Å². The number of pyridine rings is 1. The summed E-state index contributed by atoms with van der Waals surface area (Å²) in [6, 6.07) is 3.54. The van der Waals surface area contributed by atoms with Crippen LogP contribution in [0.2, 0.25) is 0 Å². The fourth-order valence-electron chi connectivity index (χ4n) is 1.51. The Morgan fingerprint density at radius 3 is 3.00 bits per heavy atom. The Balaban J connectivity index is 2.82. The molecule has 6 heteroatoms. The van der Waals surface area contributed by atoms with E-state index >= 15 is 0 Å². The predicted molar refractivity (Wildman–Crippen MR) is 64.5 cm³/mol. The number of rotatable bonds is 5. The first-order chi connectivity index (χ1) is 8.10. The van der Waals surface area contributed by atoms with Crippen LogP contribution in [0.5, 0.6) is 0 Å². The van der Waals surface area contributed by atoms with Gasteiger partial charge in [-0.15, -0.1) is 0 Å². The summed E-state index contributed by atoms with van der Waals surface area (Å²) in [5.41, 5.74) is 6.50. The van der Waals surface area contributed by atoms with Crippen molar-refractivity contribution < 1.29 is 9.84 Å². The van der Waals surface area contributed by atoms with Crippen LogP contribution >= 0.6 is 0 Å². The number of hydrogen-bond donors (Lipinski definition) is 2. The number of aliphatic hydroxyl groups excluding tert-OH is 1. The Morgan fingerprint density at radius 1 is 1.71 bits per heavy atom. The van der Waals surface area contributed by atoms with Gasteiger partial charge >= 0.3 is 0 Å². The first kappa shape index (κ1) is 13.2. The van der Waals surface area contributed by atoms with Crippen molar-refractivity contribution in [2.24, 2.45) is 0 Å². The van der Waals surface area contributed by atoms with Gasteiger partial charge in [0.1, 0.15) is 6.07 Å². The lowest BCUT2D eigenvalue weighted by atomic mass is 10.2. The highest BCUT2D eigenvalue weighted by molar-refractivity contribution is 5.69. The average Bonchev–Trinajstić information content (AvgIpc) is 2.29. The van der Waals surface area contributed by atoms with Gasteiger partial charge in [0.05, 0.1) is 24.0 Å². The lowest BCUT2D eigenvalue weighted by Crippen LogP contribution is -2.32. The number of nitrogens with two attached hydrogens (primary N) is 1. The Bertz CT molecular complexity index is 416. The third-order valence-electron chi connectivity index (χ3n) is 2.29. The molecule has 0 aliphatic carbocycles. The highest BCUT2D eigenvalue weighted by Crippen LogP contribution is 2.22. The fourth-order valence-corrected chi connectivity index (χ4v) is 1.51. The average molecular weight is 236 g/mol. The maximum absolute atomic E-state index is 9.60. The smallest absolute Gasteiger partial charge is 0.152 e. The Morgan fingerprint density at radius 2 is 2.41 bits per heavy atom. The number of hydrogen-bond acceptors (Lipinski definition) is 6. The van der Waals surface area contributed by atoms with Crippen LogP contribution in [-0.2, 0) is 4.74 Å². The largest absolute Gasteiger partial charge is 0.395 e. The number of likely N-dealkylation sites (N-methyl/N-ethyl adjacent to an activating group) is 1. The van der Waals surface area contributed by atoms with E-state index in [-0.39, 0.29) is 6.61 Å². The van der Waals surface area contributed by atoms with Gasteiger partial charge in [0.15, 0.2) is 5.82 Å². The van der Waals surface area contributed by atoms with Crippen LogP contribution in [0.15, 0.2) is 12.3 Å². The number of anilines is 2. The van der Waals surface area contributed by atoms with E-state index in [1.54, 1.807) is 18.0 Å². The second-order valence-electron chi connectivity index (χ2n) is 3.70. The minimum atomic E-state index is -0.628. The molecule has 0 radical (unpaired) electrons. The van der Waals surface area contributed by atoms with Crippen LogP contribution in [0.1, 0.15) is 5.56 Å². The minimum Gasteiger partial charge on any atom is -0.395 e. The molecule has 0 amide bonds. The van der Waals surface area contributed by atoms with Crippen molar-refractivity contribution in [2.45, 2.75) is 6.10 Å². The molecule has 1 rings (SSSR count). The number of ether oxygens (including phenoxy) is 1. The van der Waals surface area contributed by atoms with Crippen LogP contribution in [0, 0.1) is 11.3 Å². The summed E-state index contributed by atoms with van der Waals surface area (Å²) >= 11 is 0. The molecular weight excluding hydrogens is 220 g/mol. The summed E-state index contributed by atoms with van der Waals surface area (Å²) in [5, 5.41) is 18.4. The van der Waals surface area contributed by atoms with Crippen molar-refractivity contribution in [1.29, 1.82) is 5.26 Å². The Hall–Kier alpha value is -1.84. The second-order valence-corrected chi connectivity index (χ2v) is 3.70. The van der Waals surface area contributed by atoms with Crippen LogP contribution < -0.4 is 10.6 Å². The fraction of sp³-hybridized carbons (Fsp3) is 0.455. The van der Waals surface area contributed by atoms with Crippen molar-refractivity contribution >= 4 is 11.5 Å². The molecule has 92 valence electrons. The molecule has 1 aromatic rings. The van der Waals surface area contributed by atoms with Crippen LogP contribution in [0.3, 0.4) is 0 Å². The summed E-state index contributed by atoms with van der Waals surface area (Å²) in [7, 11) is 3.27. The van der Waals surface area contributed by atoms with Crippen molar-refractivity contribution in [3.05, 3.63) is 17.8 Å². The first-order valence-electron chi connectivity index (χ1n) is 5.12. The standard InChI is InChI=1S/C11H16N4O2/c1-15(6-9(16)7-17-2)11-10(13)8(5-12)3-4-14-11/h3-4,9,16H,6-7,13H2,1-2H3. The highest BCUT2D eigenvalue weighted by Gasteiger charge is 2.14. The van der Waals surface area contributed by atoms with Crippen LogP contribution in [-0.4, -0.2) is 43.5 Å². The molecule has 0 saturated heterocycles. The SMILES string of the molecule is COCC(O)CN(C)c1nccc(C#N)c1N. The van der Waals surface area contributed by atoms with Gasteiger partial charge in [0.25, 0.3) is 0 Å². The molecule has 17 heavy (non-hydrogen) atoms. The maximum atomic E-state index is 9.60. The summed E-state index contributed by atoms with van der Waals surface area (Å²) < 4.78 is 4.83. The summed E-state index contributed by atoms with van der Waals surface area (Å²) in [5.74, 6) is 0.485. The van der Waals surface area contributed by atoms with Gasteiger partial charge in [-0.05, 0) is 6.07 Å². The van der Waals surface area contributed by atoms with E-state index in [4.69, 9.17) is 15.7 Å². The van der Waals surface area contributed by atoms with Gasteiger partial charge in [0.2, 0.25) is 0 Å². The zero-order valence-corrected chi connectivity index (χ0v) is 9.92. The van der Waals surface area contributed by atoms with Gasteiger partial charge in [-0.1, -0.05) is 0 Å². The number of nitrogen functional groups attached to an aromatic ring is 1. The third kappa shape index (κ3) is 3.31. The predicted octanol–water partition coefficient (Wildman–Crippen LogP) is -0.0210. The molecular formula is C11H16N4O2. The summed E-state index contributed by atoms with van der Waals surface area (Å²) in [6.07, 6.45) is 0.889. The summed E-state index contributed by atoms with van der Waals surface area (Å²) in [6.45, 7) is 0.572. The van der Waals surface area contributed by atoms with Gasteiger partial charge in [-0.25, -0.2) is 4.98 Å². The Kier molecular flexibility index (Phi) is 4.69. The number of aromatic nitrogens is 1. The van der Waals surface area contributed by atoms with Crippen LogP contribution in [0.4, 0.5) is 11.5 Å². The molecule has 1 unspecified atom stereocenters. The maximum Gasteiger partial charge on any atom is 0.152 e. The molecule has 0 bridgehead atoms. The monoisotopic (exact) mass is 236 g/mol. The number of nitrogens with zero attached hydrogens (tertiary/aromatic N) is 3. The Labute approximate surface area is 100 Å². The number of nitriles is 1. The number of aliphatic hydroxyl groups is 1. The molecule has 0 spiro atoms. The van der Waals surface area contributed by atoms with Crippen molar-refractivity contribution in [1.82, 2.24) is 4.98 Å². The highest BCUT2D eigenvalue weighted by atomic mass is 16.5. The molecule has 0 aliphatic heterocycles. The molecule has 0 aliphatic rings. The van der Waals surface area contributed by atoms with E-state index in [2.05, 4.69) is 4.98 Å².